The maximum atomic E-state index is 9.54. The smallest absolute Gasteiger partial charge is 0.396 e. The number of rotatable bonds is 25. The SMILES string of the molecule is CCCCCCCC[Si]1(OCC(C)CO[Si](CCCCS)(OCC(C)CO)OCC(C)CO)OCC(C)CO1. The third-order valence-electron chi connectivity index (χ3n) is 6.88. The summed E-state index contributed by atoms with van der Waals surface area (Å²) in [4.78, 5) is 0. The van der Waals surface area contributed by atoms with Crippen LogP contribution in [0.5, 0.6) is 0 Å². The Labute approximate surface area is 247 Å². The zero-order chi connectivity index (χ0) is 29.0. The van der Waals surface area contributed by atoms with Gasteiger partial charge in [-0.2, -0.15) is 12.6 Å². The van der Waals surface area contributed by atoms with Crippen LogP contribution < -0.4 is 0 Å². The molecule has 0 bridgehead atoms. The van der Waals surface area contributed by atoms with Gasteiger partial charge in [-0.15, -0.1) is 0 Å². The van der Waals surface area contributed by atoms with Crippen LogP contribution in [0.1, 0.15) is 86.0 Å². The van der Waals surface area contributed by atoms with Crippen LogP contribution in [-0.4, -0.2) is 86.4 Å². The van der Waals surface area contributed by atoms with Gasteiger partial charge in [0, 0.05) is 88.6 Å². The van der Waals surface area contributed by atoms with Crippen LogP contribution >= 0.6 is 12.6 Å². The molecule has 3 atom stereocenters. The molecular weight excluding hydrogens is 553 g/mol. The van der Waals surface area contributed by atoms with Crippen LogP contribution in [0.15, 0.2) is 0 Å². The minimum atomic E-state index is -3.05. The summed E-state index contributed by atoms with van der Waals surface area (Å²) in [6, 6.07) is 1.55. The summed E-state index contributed by atoms with van der Waals surface area (Å²) < 4.78 is 38.2. The van der Waals surface area contributed by atoms with Crippen molar-refractivity contribution >= 4 is 30.2 Å². The van der Waals surface area contributed by atoms with Crippen molar-refractivity contribution < 1.29 is 36.8 Å². The molecule has 3 unspecified atom stereocenters. The first-order valence-corrected chi connectivity index (χ1v) is 19.9. The van der Waals surface area contributed by atoms with Crippen LogP contribution in [0.4, 0.5) is 0 Å². The van der Waals surface area contributed by atoms with Crippen LogP contribution in [0.3, 0.4) is 0 Å². The van der Waals surface area contributed by atoms with Gasteiger partial charge < -0.3 is 36.8 Å². The molecule has 39 heavy (non-hydrogen) atoms. The van der Waals surface area contributed by atoms with Crippen molar-refractivity contribution in [1.82, 2.24) is 0 Å². The highest BCUT2D eigenvalue weighted by atomic mass is 32.1. The molecule has 0 aromatic heterocycles. The molecule has 0 aliphatic carbocycles. The predicted molar refractivity (Wildman–Crippen MR) is 164 cm³/mol. The Morgan fingerprint density at radius 2 is 1.33 bits per heavy atom. The van der Waals surface area contributed by atoms with E-state index in [-0.39, 0.29) is 31.0 Å². The van der Waals surface area contributed by atoms with Crippen LogP contribution in [0, 0.1) is 23.7 Å². The van der Waals surface area contributed by atoms with Gasteiger partial charge in [-0.05, 0) is 25.0 Å². The highest BCUT2D eigenvalue weighted by Gasteiger charge is 2.45. The third kappa shape index (κ3) is 16.6. The Hall–Kier alpha value is 0.464. The number of unbranched alkanes of at least 4 members (excludes halogenated alkanes) is 6. The summed E-state index contributed by atoms with van der Waals surface area (Å²) in [7, 11) is -5.75. The fourth-order valence-electron chi connectivity index (χ4n) is 4.08. The Kier molecular flexibility index (Phi) is 21.2. The highest BCUT2D eigenvalue weighted by Crippen LogP contribution is 2.27. The van der Waals surface area contributed by atoms with E-state index in [9.17, 15) is 10.2 Å². The molecular formula is C28H60O8SSi2. The van der Waals surface area contributed by atoms with Gasteiger partial charge in [-0.25, -0.2) is 0 Å². The lowest BCUT2D eigenvalue weighted by molar-refractivity contribution is -0.0185. The van der Waals surface area contributed by atoms with Crippen molar-refractivity contribution in [3.63, 3.8) is 0 Å². The van der Waals surface area contributed by atoms with Gasteiger partial charge in [-0.3, -0.25) is 0 Å². The predicted octanol–water partition coefficient (Wildman–Crippen LogP) is 5.58. The van der Waals surface area contributed by atoms with E-state index in [1.165, 1.54) is 32.1 Å². The Balaban J connectivity index is 2.78. The molecule has 1 rings (SSSR count). The fourth-order valence-corrected chi connectivity index (χ4v) is 10.3. The van der Waals surface area contributed by atoms with E-state index in [0.29, 0.717) is 51.6 Å². The molecule has 234 valence electrons. The van der Waals surface area contributed by atoms with Gasteiger partial charge in [0.05, 0.1) is 0 Å². The van der Waals surface area contributed by atoms with Crippen molar-refractivity contribution in [2.45, 2.75) is 98.1 Å². The normalized spacial score (nSPS) is 23.8. The van der Waals surface area contributed by atoms with Gasteiger partial charge in [0.25, 0.3) is 0 Å². The number of hydrogen-bond acceptors (Lipinski definition) is 9. The van der Waals surface area contributed by atoms with E-state index >= 15 is 0 Å². The van der Waals surface area contributed by atoms with Gasteiger partial charge in [0.2, 0.25) is 0 Å². The van der Waals surface area contributed by atoms with E-state index in [2.05, 4.69) is 33.4 Å². The number of aliphatic hydroxyl groups is 2. The molecule has 8 nitrogen and oxygen atoms in total. The molecule has 1 saturated heterocycles. The lowest BCUT2D eigenvalue weighted by Gasteiger charge is -2.37. The number of thiol groups is 1. The molecule has 0 aromatic carbocycles. The lowest BCUT2D eigenvalue weighted by atomic mass is 10.1. The molecule has 0 radical (unpaired) electrons. The second-order valence-electron chi connectivity index (χ2n) is 11.7. The van der Waals surface area contributed by atoms with Crippen molar-refractivity contribution in [2.24, 2.45) is 23.7 Å². The third-order valence-corrected chi connectivity index (χ3v) is 12.8. The minimum Gasteiger partial charge on any atom is -0.396 e. The average molecular weight is 613 g/mol. The van der Waals surface area contributed by atoms with Gasteiger partial charge in [-0.1, -0.05) is 66.7 Å². The van der Waals surface area contributed by atoms with Gasteiger partial charge in [0.15, 0.2) is 0 Å². The Bertz CT molecular complexity index is 570. The summed E-state index contributed by atoms with van der Waals surface area (Å²) in [5.41, 5.74) is 0. The van der Waals surface area contributed by atoms with E-state index < -0.39 is 17.6 Å². The maximum Gasteiger partial charge on any atom is 0.500 e. The molecule has 1 aliphatic heterocycles. The molecule has 0 spiro atoms. The van der Waals surface area contributed by atoms with Gasteiger partial charge >= 0.3 is 17.6 Å². The van der Waals surface area contributed by atoms with Crippen LogP contribution in [0.2, 0.25) is 12.1 Å². The first-order valence-electron chi connectivity index (χ1n) is 15.4. The average Bonchev–Trinajstić information content (AvgIpc) is 2.95. The Morgan fingerprint density at radius 3 is 1.87 bits per heavy atom. The summed E-state index contributed by atoms with van der Waals surface area (Å²) in [5.74, 6) is 1.25. The summed E-state index contributed by atoms with van der Waals surface area (Å²) in [6.07, 6.45) is 9.18. The monoisotopic (exact) mass is 612 g/mol. The van der Waals surface area contributed by atoms with E-state index in [4.69, 9.17) is 26.6 Å². The van der Waals surface area contributed by atoms with Crippen molar-refractivity contribution in [3.8, 4) is 0 Å². The molecule has 1 aliphatic rings. The first kappa shape index (κ1) is 37.5. The molecule has 0 saturated carbocycles. The fraction of sp³-hybridized carbons (Fsp3) is 1.00. The first-order chi connectivity index (χ1) is 18.7. The number of aliphatic hydroxyl groups excluding tert-OH is 2. The molecule has 11 heteroatoms. The van der Waals surface area contributed by atoms with E-state index in [1.54, 1.807) is 0 Å². The molecule has 1 fully saturated rings. The zero-order valence-electron chi connectivity index (χ0n) is 25.5. The number of hydrogen-bond donors (Lipinski definition) is 3. The lowest BCUT2D eigenvalue weighted by Crippen LogP contribution is -2.52. The second-order valence-corrected chi connectivity index (χ2v) is 17.6. The molecule has 0 amide bonds. The van der Waals surface area contributed by atoms with Crippen LogP contribution in [0.25, 0.3) is 0 Å². The highest BCUT2D eigenvalue weighted by molar-refractivity contribution is 7.80. The van der Waals surface area contributed by atoms with Crippen molar-refractivity contribution in [1.29, 1.82) is 0 Å². The van der Waals surface area contributed by atoms with Crippen LogP contribution in [-0.2, 0) is 26.6 Å². The maximum absolute atomic E-state index is 9.54. The summed E-state index contributed by atoms with van der Waals surface area (Å²) in [5, 5.41) is 19.1. The Morgan fingerprint density at radius 1 is 0.795 bits per heavy atom. The van der Waals surface area contributed by atoms with Crippen molar-refractivity contribution in [3.05, 3.63) is 0 Å². The largest absolute Gasteiger partial charge is 0.500 e. The summed E-state index contributed by atoms with van der Waals surface area (Å²) in [6.45, 7) is 13.5. The topological polar surface area (TPSA) is 95.8 Å². The van der Waals surface area contributed by atoms with Gasteiger partial charge in [0.1, 0.15) is 0 Å². The molecule has 1 heterocycles. The summed E-state index contributed by atoms with van der Waals surface area (Å²) >= 11 is 4.36. The van der Waals surface area contributed by atoms with E-state index in [0.717, 1.165) is 31.1 Å². The quantitative estimate of drug-likeness (QED) is 0.0699. The zero-order valence-corrected chi connectivity index (χ0v) is 28.4. The second kappa shape index (κ2) is 22.1. The van der Waals surface area contributed by atoms with E-state index in [1.807, 2.05) is 13.8 Å². The molecule has 2 N–H and O–H groups in total. The minimum absolute atomic E-state index is 0.0132. The molecule has 0 aromatic rings. The van der Waals surface area contributed by atoms with Crippen molar-refractivity contribution in [2.75, 3.05) is 58.6 Å². The standard InChI is InChI=1S/C28H60O8SSi2/c1-6-7-8-9-10-12-15-38(33-21-27(4)22-34-38)35-23-28(5)24-36-39(16-13-11-14-37,31-19-25(2)17-29)32-20-26(3)18-30/h25-30,37H,6-24H2,1-5H3.